The molecule has 0 spiro atoms. The van der Waals surface area contributed by atoms with Gasteiger partial charge in [-0.05, 0) is 30.3 Å². The average molecular weight is 267 g/mol. The SMILES string of the molecule is O=C(Nc1cccnc1)c1cc(Cl)cc(Cl)c1. The summed E-state index contributed by atoms with van der Waals surface area (Å²) in [4.78, 5) is 15.8. The van der Waals surface area contributed by atoms with Crippen LogP contribution in [-0.2, 0) is 0 Å². The number of hydrogen-bond acceptors (Lipinski definition) is 2. The number of rotatable bonds is 2. The molecule has 1 heterocycles. The number of anilines is 1. The third kappa shape index (κ3) is 3.19. The molecule has 2 aromatic rings. The smallest absolute Gasteiger partial charge is 0.255 e. The first-order valence-electron chi connectivity index (χ1n) is 4.82. The predicted octanol–water partition coefficient (Wildman–Crippen LogP) is 3.64. The van der Waals surface area contributed by atoms with Gasteiger partial charge in [0.25, 0.3) is 5.91 Å². The first-order chi connectivity index (χ1) is 8.15. The van der Waals surface area contributed by atoms with Gasteiger partial charge in [0.2, 0.25) is 0 Å². The second kappa shape index (κ2) is 5.17. The van der Waals surface area contributed by atoms with Gasteiger partial charge < -0.3 is 5.32 Å². The van der Waals surface area contributed by atoms with E-state index in [1.54, 1.807) is 42.7 Å². The van der Waals surface area contributed by atoms with Crippen LogP contribution < -0.4 is 5.32 Å². The number of nitrogens with one attached hydrogen (secondary N) is 1. The Bertz CT molecular complexity index is 523. The summed E-state index contributed by atoms with van der Waals surface area (Å²) in [5.41, 5.74) is 1.03. The highest BCUT2D eigenvalue weighted by Gasteiger charge is 2.08. The summed E-state index contributed by atoms with van der Waals surface area (Å²) in [6, 6.07) is 8.17. The lowest BCUT2D eigenvalue weighted by atomic mass is 10.2. The van der Waals surface area contributed by atoms with Crippen LogP contribution in [0.15, 0.2) is 42.7 Å². The van der Waals surface area contributed by atoms with Crippen LogP contribution in [0.3, 0.4) is 0 Å². The van der Waals surface area contributed by atoms with Crippen molar-refractivity contribution < 1.29 is 4.79 Å². The fraction of sp³-hybridized carbons (Fsp3) is 0. The molecule has 86 valence electrons. The van der Waals surface area contributed by atoms with Crippen LogP contribution >= 0.6 is 23.2 Å². The number of hydrogen-bond donors (Lipinski definition) is 1. The van der Waals surface area contributed by atoms with Gasteiger partial charge in [0, 0.05) is 21.8 Å². The van der Waals surface area contributed by atoms with Crippen molar-refractivity contribution in [2.24, 2.45) is 0 Å². The molecule has 0 saturated heterocycles. The van der Waals surface area contributed by atoms with Gasteiger partial charge in [-0.1, -0.05) is 23.2 Å². The number of carbonyl (C=O) groups is 1. The van der Waals surface area contributed by atoms with Crippen LogP contribution in [0.5, 0.6) is 0 Å². The molecule has 1 aromatic carbocycles. The highest BCUT2D eigenvalue weighted by atomic mass is 35.5. The molecule has 0 aliphatic carbocycles. The molecule has 0 aliphatic rings. The van der Waals surface area contributed by atoms with Crippen LogP contribution in [-0.4, -0.2) is 10.9 Å². The maximum Gasteiger partial charge on any atom is 0.255 e. The lowest BCUT2D eigenvalue weighted by molar-refractivity contribution is 0.102. The third-order valence-electron chi connectivity index (χ3n) is 2.04. The quantitative estimate of drug-likeness (QED) is 0.902. The van der Waals surface area contributed by atoms with Gasteiger partial charge in [-0.15, -0.1) is 0 Å². The van der Waals surface area contributed by atoms with Gasteiger partial charge in [0.1, 0.15) is 0 Å². The Morgan fingerprint density at radius 2 is 1.88 bits per heavy atom. The monoisotopic (exact) mass is 266 g/mol. The van der Waals surface area contributed by atoms with E-state index >= 15 is 0 Å². The lowest BCUT2D eigenvalue weighted by Crippen LogP contribution is -2.11. The Hall–Kier alpha value is -1.58. The zero-order valence-corrected chi connectivity index (χ0v) is 10.2. The van der Waals surface area contributed by atoms with Crippen molar-refractivity contribution in [3.8, 4) is 0 Å². The van der Waals surface area contributed by atoms with E-state index < -0.39 is 0 Å². The summed E-state index contributed by atoms with van der Waals surface area (Å²) in [5.74, 6) is -0.276. The molecule has 0 unspecified atom stereocenters. The number of carbonyl (C=O) groups excluding carboxylic acids is 1. The number of pyridine rings is 1. The molecule has 0 aliphatic heterocycles. The highest BCUT2D eigenvalue weighted by molar-refractivity contribution is 6.35. The van der Waals surface area contributed by atoms with Gasteiger partial charge in [-0.3, -0.25) is 9.78 Å². The Balaban J connectivity index is 2.20. The molecule has 17 heavy (non-hydrogen) atoms. The van der Waals surface area contributed by atoms with Crippen LogP contribution in [0.2, 0.25) is 10.0 Å². The maximum atomic E-state index is 11.9. The Kier molecular flexibility index (Phi) is 3.61. The minimum absolute atomic E-state index is 0.276. The summed E-state index contributed by atoms with van der Waals surface area (Å²) in [5, 5.41) is 3.54. The van der Waals surface area contributed by atoms with Gasteiger partial charge in [0.05, 0.1) is 11.9 Å². The predicted molar refractivity (Wildman–Crippen MR) is 68.7 cm³/mol. The van der Waals surface area contributed by atoms with Crippen molar-refractivity contribution in [1.29, 1.82) is 0 Å². The molecular weight excluding hydrogens is 259 g/mol. The topological polar surface area (TPSA) is 42.0 Å². The van der Waals surface area contributed by atoms with Gasteiger partial charge >= 0.3 is 0 Å². The summed E-state index contributed by atoms with van der Waals surface area (Å²) < 4.78 is 0. The first-order valence-corrected chi connectivity index (χ1v) is 5.58. The molecule has 0 atom stereocenters. The molecule has 0 fully saturated rings. The molecule has 0 saturated carbocycles. The van der Waals surface area contributed by atoms with Crippen molar-refractivity contribution in [2.75, 3.05) is 5.32 Å². The summed E-state index contributed by atoms with van der Waals surface area (Å²) >= 11 is 11.6. The van der Waals surface area contributed by atoms with Crippen molar-refractivity contribution in [3.63, 3.8) is 0 Å². The number of halogens is 2. The standard InChI is InChI=1S/C12H8Cl2N2O/c13-9-4-8(5-10(14)6-9)12(17)16-11-2-1-3-15-7-11/h1-7H,(H,16,17). The fourth-order valence-corrected chi connectivity index (χ4v) is 1.85. The Labute approximate surface area is 108 Å². The van der Waals surface area contributed by atoms with Crippen molar-refractivity contribution in [2.45, 2.75) is 0 Å². The Morgan fingerprint density at radius 1 is 1.18 bits per heavy atom. The molecule has 0 bridgehead atoms. The van der Waals surface area contributed by atoms with Crippen molar-refractivity contribution in [1.82, 2.24) is 4.98 Å². The minimum Gasteiger partial charge on any atom is -0.321 e. The normalized spacial score (nSPS) is 10.0. The minimum atomic E-state index is -0.276. The van der Waals surface area contributed by atoms with Crippen LogP contribution in [0.25, 0.3) is 0 Å². The van der Waals surface area contributed by atoms with E-state index in [1.807, 2.05) is 0 Å². The molecular formula is C12H8Cl2N2O. The van der Waals surface area contributed by atoms with E-state index in [1.165, 1.54) is 0 Å². The van der Waals surface area contributed by atoms with Crippen molar-refractivity contribution in [3.05, 3.63) is 58.3 Å². The number of benzene rings is 1. The molecule has 1 amide bonds. The maximum absolute atomic E-state index is 11.9. The van der Waals surface area contributed by atoms with Gasteiger partial charge in [0.15, 0.2) is 0 Å². The lowest BCUT2D eigenvalue weighted by Gasteiger charge is -2.05. The molecule has 1 aromatic heterocycles. The van der Waals surface area contributed by atoms with Crippen molar-refractivity contribution >= 4 is 34.8 Å². The molecule has 1 N–H and O–H groups in total. The highest BCUT2D eigenvalue weighted by Crippen LogP contribution is 2.19. The number of nitrogens with zero attached hydrogens (tertiary/aromatic N) is 1. The number of aromatic nitrogens is 1. The molecule has 3 nitrogen and oxygen atoms in total. The zero-order valence-electron chi connectivity index (χ0n) is 8.65. The van der Waals surface area contributed by atoms with Crippen LogP contribution in [0.1, 0.15) is 10.4 Å². The largest absolute Gasteiger partial charge is 0.321 e. The van der Waals surface area contributed by atoms with E-state index in [0.717, 1.165) is 0 Å². The van der Waals surface area contributed by atoms with Gasteiger partial charge in [-0.25, -0.2) is 0 Å². The summed E-state index contributed by atoms with van der Waals surface area (Å²) in [7, 11) is 0. The van der Waals surface area contributed by atoms with Crippen LogP contribution in [0.4, 0.5) is 5.69 Å². The summed E-state index contributed by atoms with van der Waals surface area (Å²) in [6.45, 7) is 0. The molecule has 0 radical (unpaired) electrons. The molecule has 2 rings (SSSR count). The summed E-state index contributed by atoms with van der Waals surface area (Å²) in [6.07, 6.45) is 3.19. The van der Waals surface area contributed by atoms with E-state index in [9.17, 15) is 4.79 Å². The molecule has 5 heteroatoms. The van der Waals surface area contributed by atoms with E-state index in [4.69, 9.17) is 23.2 Å². The van der Waals surface area contributed by atoms with E-state index in [0.29, 0.717) is 21.3 Å². The average Bonchev–Trinajstić information content (AvgIpc) is 2.29. The van der Waals surface area contributed by atoms with E-state index in [2.05, 4.69) is 10.3 Å². The second-order valence-electron chi connectivity index (χ2n) is 3.35. The fourth-order valence-electron chi connectivity index (χ4n) is 1.32. The van der Waals surface area contributed by atoms with Crippen LogP contribution in [0, 0.1) is 0 Å². The first kappa shape index (κ1) is 11.9. The van der Waals surface area contributed by atoms with E-state index in [-0.39, 0.29) is 5.91 Å². The Morgan fingerprint density at radius 3 is 2.47 bits per heavy atom. The second-order valence-corrected chi connectivity index (χ2v) is 4.23. The zero-order chi connectivity index (χ0) is 12.3. The van der Waals surface area contributed by atoms with Gasteiger partial charge in [-0.2, -0.15) is 0 Å². The third-order valence-corrected chi connectivity index (χ3v) is 2.48. The number of amides is 1.